The number of hydrogen-bond donors (Lipinski definition) is 0. The second-order valence-electron chi connectivity index (χ2n) is 16.2. The first-order valence-electron chi connectivity index (χ1n) is 20.6. The van der Waals surface area contributed by atoms with E-state index in [-0.39, 0.29) is 0 Å². The van der Waals surface area contributed by atoms with Crippen molar-refractivity contribution in [1.82, 2.24) is 0 Å². The number of fused-ring (bicyclic) bond motifs is 5. The molecule has 0 spiro atoms. The van der Waals surface area contributed by atoms with Gasteiger partial charge >= 0.3 is 0 Å². The molecule has 8 aromatic rings. The van der Waals surface area contributed by atoms with Crippen molar-refractivity contribution in [3.8, 4) is 11.1 Å². The van der Waals surface area contributed by atoms with E-state index in [2.05, 4.69) is 186 Å². The van der Waals surface area contributed by atoms with Gasteiger partial charge in [0.05, 0.1) is 0 Å². The maximum Gasteiger partial charge on any atom is 0.137 e. The molecule has 2 aliphatic rings. The van der Waals surface area contributed by atoms with Gasteiger partial charge in [0.15, 0.2) is 0 Å². The van der Waals surface area contributed by atoms with Crippen molar-refractivity contribution < 1.29 is 4.42 Å². The van der Waals surface area contributed by atoms with E-state index in [0.29, 0.717) is 0 Å². The molecule has 2 bridgehead atoms. The third-order valence-corrected chi connectivity index (χ3v) is 12.5. The maximum absolute atomic E-state index is 6.57. The summed E-state index contributed by atoms with van der Waals surface area (Å²) < 4.78 is 6.57. The van der Waals surface area contributed by atoms with E-state index in [9.17, 15) is 0 Å². The second kappa shape index (κ2) is 15.2. The molecule has 0 aliphatic heterocycles. The number of para-hydroxylation sites is 3. The molecule has 7 aromatic carbocycles. The fraction of sp³-hybridized carbons (Fsp3) is 0.208. The standard InChI is InChI=1S/C53H48N2O/c1-4-13-44(14-5-1)54(45-15-6-2-7-16-45)48-30-32-52-51(36-48)50-31-29-49(37-53(50)56-52)55(46-17-8-3-9-18-46)47-27-25-43(26-28-47)42-23-21-38(22-24-42)19-20-41-34-39-11-10-12-40(33-39)35-41/h1-9,13-18,21-32,36-37,39-41H,10-12,19-20,33-35H2. The molecule has 0 radical (unpaired) electrons. The smallest absolute Gasteiger partial charge is 0.137 e. The minimum absolute atomic E-state index is 0.865. The Morgan fingerprint density at radius 2 is 0.929 bits per heavy atom. The predicted molar refractivity (Wildman–Crippen MR) is 235 cm³/mol. The largest absolute Gasteiger partial charge is 0.456 e. The highest BCUT2D eigenvalue weighted by Crippen LogP contribution is 2.45. The fourth-order valence-electron chi connectivity index (χ4n) is 9.80. The number of anilines is 6. The Morgan fingerprint density at radius 1 is 0.429 bits per heavy atom. The van der Waals surface area contributed by atoms with Gasteiger partial charge in [-0.25, -0.2) is 0 Å². The van der Waals surface area contributed by atoms with E-state index in [4.69, 9.17) is 4.42 Å². The van der Waals surface area contributed by atoms with Crippen LogP contribution in [0.25, 0.3) is 33.1 Å². The molecular formula is C53H48N2O. The Morgan fingerprint density at radius 3 is 1.52 bits per heavy atom. The lowest BCUT2D eigenvalue weighted by molar-refractivity contribution is 0.132. The van der Waals surface area contributed by atoms with Crippen molar-refractivity contribution in [2.24, 2.45) is 17.8 Å². The van der Waals surface area contributed by atoms with Crippen LogP contribution in [0.15, 0.2) is 180 Å². The SMILES string of the molecule is c1ccc(N(c2ccc(-c3ccc(CCC4CC5CCCC(C5)C4)cc3)cc2)c2ccc3c(c2)oc2ccc(N(c4ccccc4)c4ccccc4)cc23)cc1. The molecule has 2 aliphatic carbocycles. The third kappa shape index (κ3) is 6.99. The number of nitrogens with zero attached hydrogens (tertiary/aromatic N) is 2. The van der Waals surface area contributed by atoms with Crippen LogP contribution in [0.2, 0.25) is 0 Å². The zero-order valence-corrected chi connectivity index (χ0v) is 31.9. The van der Waals surface area contributed by atoms with Crippen molar-refractivity contribution in [1.29, 1.82) is 0 Å². The van der Waals surface area contributed by atoms with Crippen molar-refractivity contribution >= 4 is 56.1 Å². The highest BCUT2D eigenvalue weighted by Gasteiger charge is 2.31. The van der Waals surface area contributed by atoms with E-state index < -0.39 is 0 Å². The second-order valence-corrected chi connectivity index (χ2v) is 16.2. The van der Waals surface area contributed by atoms with Gasteiger partial charge in [-0.3, -0.25) is 0 Å². The highest BCUT2D eigenvalue weighted by atomic mass is 16.3. The summed E-state index contributed by atoms with van der Waals surface area (Å²) in [4.78, 5) is 4.61. The predicted octanol–water partition coefficient (Wildman–Crippen LogP) is 15.3. The lowest BCUT2D eigenvalue weighted by atomic mass is 9.67. The Balaban J connectivity index is 0.920. The van der Waals surface area contributed by atoms with Gasteiger partial charge in [0.25, 0.3) is 0 Å². The Bertz CT molecular complexity index is 2490. The molecule has 3 heteroatoms. The third-order valence-electron chi connectivity index (χ3n) is 12.5. The first kappa shape index (κ1) is 34.4. The van der Waals surface area contributed by atoms with Gasteiger partial charge in [-0.15, -0.1) is 0 Å². The molecule has 0 amide bonds. The molecule has 2 saturated carbocycles. The average Bonchev–Trinajstić information content (AvgIpc) is 3.62. The number of aryl methyl sites for hydroxylation is 1. The summed E-state index contributed by atoms with van der Waals surface area (Å²) in [5.41, 5.74) is 12.3. The van der Waals surface area contributed by atoms with Crippen molar-refractivity contribution in [3.05, 3.63) is 181 Å². The molecule has 0 saturated heterocycles. The van der Waals surface area contributed by atoms with E-state index >= 15 is 0 Å². The molecule has 1 aromatic heterocycles. The monoisotopic (exact) mass is 728 g/mol. The van der Waals surface area contributed by atoms with Crippen LogP contribution in [0.3, 0.4) is 0 Å². The van der Waals surface area contributed by atoms with Gasteiger partial charge in [-0.1, -0.05) is 110 Å². The van der Waals surface area contributed by atoms with Crippen molar-refractivity contribution in [3.63, 3.8) is 0 Å². The van der Waals surface area contributed by atoms with Crippen molar-refractivity contribution in [2.45, 2.75) is 51.4 Å². The number of rotatable bonds is 10. The summed E-state index contributed by atoms with van der Waals surface area (Å²) in [5, 5.41) is 2.19. The van der Waals surface area contributed by atoms with Gasteiger partial charge in [0, 0.05) is 51.0 Å². The van der Waals surface area contributed by atoms with Crippen LogP contribution < -0.4 is 9.80 Å². The van der Waals surface area contributed by atoms with Crippen LogP contribution in [-0.4, -0.2) is 0 Å². The molecule has 3 nitrogen and oxygen atoms in total. The summed E-state index contributed by atoms with van der Waals surface area (Å²) in [6.45, 7) is 0. The van der Waals surface area contributed by atoms with Gasteiger partial charge in [-0.2, -0.15) is 0 Å². The van der Waals surface area contributed by atoms with Crippen LogP contribution in [0.4, 0.5) is 34.1 Å². The highest BCUT2D eigenvalue weighted by molar-refractivity contribution is 6.07. The fourth-order valence-corrected chi connectivity index (χ4v) is 9.80. The molecule has 56 heavy (non-hydrogen) atoms. The zero-order valence-electron chi connectivity index (χ0n) is 31.9. The van der Waals surface area contributed by atoms with Crippen LogP contribution in [0.5, 0.6) is 0 Å². The maximum atomic E-state index is 6.57. The van der Waals surface area contributed by atoms with Crippen LogP contribution >= 0.6 is 0 Å². The molecule has 0 N–H and O–H groups in total. The van der Waals surface area contributed by atoms with Crippen LogP contribution in [0, 0.1) is 17.8 Å². The molecule has 2 fully saturated rings. The summed E-state index contributed by atoms with van der Waals surface area (Å²) >= 11 is 0. The normalized spacial score (nSPS) is 17.9. The van der Waals surface area contributed by atoms with E-state index in [1.54, 1.807) is 0 Å². The van der Waals surface area contributed by atoms with Gasteiger partial charge in [-0.05, 0) is 145 Å². The quantitative estimate of drug-likeness (QED) is 0.140. The minimum atomic E-state index is 0.865. The summed E-state index contributed by atoms with van der Waals surface area (Å²) in [5.74, 6) is 2.94. The summed E-state index contributed by atoms with van der Waals surface area (Å²) in [6.07, 6.45) is 11.4. The Kier molecular flexibility index (Phi) is 9.36. The van der Waals surface area contributed by atoms with E-state index in [0.717, 1.165) is 73.8 Å². The zero-order chi connectivity index (χ0) is 37.3. The topological polar surface area (TPSA) is 19.6 Å². The lowest BCUT2D eigenvalue weighted by Gasteiger charge is -2.39. The van der Waals surface area contributed by atoms with E-state index in [1.807, 2.05) is 0 Å². The summed E-state index contributed by atoms with van der Waals surface area (Å²) in [6, 6.07) is 63.1. The first-order valence-corrected chi connectivity index (χ1v) is 20.6. The van der Waals surface area contributed by atoms with Crippen LogP contribution in [0.1, 0.15) is 50.5 Å². The van der Waals surface area contributed by atoms with Crippen LogP contribution in [-0.2, 0) is 6.42 Å². The number of benzene rings is 7. The van der Waals surface area contributed by atoms with Crippen molar-refractivity contribution in [2.75, 3.05) is 9.80 Å². The average molecular weight is 729 g/mol. The Labute approximate surface area is 330 Å². The lowest BCUT2D eigenvalue weighted by Crippen LogP contribution is -2.27. The molecule has 2 atom stereocenters. The summed E-state index contributed by atoms with van der Waals surface area (Å²) in [7, 11) is 0. The Hall–Kier alpha value is -6.06. The first-order chi connectivity index (χ1) is 27.7. The molecular weight excluding hydrogens is 681 g/mol. The molecule has 2 unspecified atom stereocenters. The number of hydrogen-bond acceptors (Lipinski definition) is 3. The number of furan rings is 1. The minimum Gasteiger partial charge on any atom is -0.456 e. The van der Waals surface area contributed by atoms with Gasteiger partial charge in [0.1, 0.15) is 11.2 Å². The molecule has 1 heterocycles. The van der Waals surface area contributed by atoms with Gasteiger partial charge < -0.3 is 14.2 Å². The van der Waals surface area contributed by atoms with E-state index in [1.165, 1.54) is 68.1 Å². The molecule has 10 rings (SSSR count). The van der Waals surface area contributed by atoms with Gasteiger partial charge in [0.2, 0.25) is 0 Å². The molecule has 276 valence electrons.